The van der Waals surface area contributed by atoms with Gasteiger partial charge in [0.15, 0.2) is 0 Å². The predicted molar refractivity (Wildman–Crippen MR) is 90.4 cm³/mol. The van der Waals surface area contributed by atoms with Crippen LogP contribution in [-0.4, -0.2) is 60.5 Å². The SMILES string of the molecule is C[C@@H]1Sc2ccc(C(=O)N3CCO[C@@]4(CCOC4)C3)cc2NC1=O. The highest BCUT2D eigenvalue weighted by molar-refractivity contribution is 8.00. The van der Waals surface area contributed by atoms with Crippen LogP contribution in [-0.2, 0) is 14.3 Å². The van der Waals surface area contributed by atoms with Gasteiger partial charge in [0.2, 0.25) is 5.91 Å². The van der Waals surface area contributed by atoms with Crippen LogP contribution < -0.4 is 5.32 Å². The van der Waals surface area contributed by atoms with Gasteiger partial charge in [-0.2, -0.15) is 0 Å². The smallest absolute Gasteiger partial charge is 0.254 e. The normalized spacial score (nSPS) is 29.5. The summed E-state index contributed by atoms with van der Waals surface area (Å²) in [5.74, 6) is -0.0456. The van der Waals surface area contributed by atoms with Crippen molar-refractivity contribution in [2.45, 2.75) is 29.1 Å². The van der Waals surface area contributed by atoms with Gasteiger partial charge in [0.1, 0.15) is 5.60 Å². The van der Waals surface area contributed by atoms with Crippen molar-refractivity contribution < 1.29 is 19.1 Å². The Morgan fingerprint density at radius 3 is 3.08 bits per heavy atom. The van der Waals surface area contributed by atoms with E-state index in [1.54, 1.807) is 6.07 Å². The molecule has 1 spiro atoms. The first kappa shape index (κ1) is 15.9. The van der Waals surface area contributed by atoms with E-state index in [-0.39, 0.29) is 22.7 Å². The highest BCUT2D eigenvalue weighted by atomic mass is 32.2. The molecule has 3 aliphatic rings. The molecule has 1 aromatic rings. The first-order valence-corrected chi connectivity index (χ1v) is 9.07. The summed E-state index contributed by atoms with van der Waals surface area (Å²) in [6, 6.07) is 5.53. The number of hydrogen-bond acceptors (Lipinski definition) is 5. The molecule has 1 N–H and O–H groups in total. The van der Waals surface area contributed by atoms with Gasteiger partial charge in [-0.05, 0) is 25.1 Å². The first-order valence-electron chi connectivity index (χ1n) is 8.19. The number of fused-ring (bicyclic) bond motifs is 1. The summed E-state index contributed by atoms with van der Waals surface area (Å²) in [4.78, 5) is 27.6. The number of ether oxygens (including phenoxy) is 2. The Kier molecular flexibility index (Phi) is 4.02. The van der Waals surface area contributed by atoms with Gasteiger partial charge in [-0.3, -0.25) is 9.59 Å². The second-order valence-electron chi connectivity index (χ2n) is 6.52. The Labute approximate surface area is 144 Å². The molecule has 7 heteroatoms. The summed E-state index contributed by atoms with van der Waals surface area (Å²) in [5, 5.41) is 2.77. The Hall–Kier alpha value is -1.57. The molecule has 2 saturated heterocycles. The summed E-state index contributed by atoms with van der Waals surface area (Å²) < 4.78 is 11.3. The number of benzene rings is 1. The van der Waals surface area contributed by atoms with Crippen LogP contribution in [0.5, 0.6) is 0 Å². The van der Waals surface area contributed by atoms with Gasteiger partial charge in [-0.25, -0.2) is 0 Å². The molecule has 0 aromatic heterocycles. The first-order chi connectivity index (χ1) is 11.6. The van der Waals surface area contributed by atoms with Crippen molar-refractivity contribution in [2.24, 2.45) is 0 Å². The number of amides is 2. The number of rotatable bonds is 1. The van der Waals surface area contributed by atoms with Gasteiger partial charge >= 0.3 is 0 Å². The molecule has 0 saturated carbocycles. The molecule has 3 heterocycles. The van der Waals surface area contributed by atoms with E-state index in [9.17, 15) is 9.59 Å². The van der Waals surface area contributed by atoms with E-state index >= 15 is 0 Å². The second kappa shape index (κ2) is 6.06. The maximum Gasteiger partial charge on any atom is 0.254 e. The van der Waals surface area contributed by atoms with Crippen molar-refractivity contribution in [1.29, 1.82) is 0 Å². The minimum Gasteiger partial charge on any atom is -0.378 e. The topological polar surface area (TPSA) is 67.9 Å². The summed E-state index contributed by atoms with van der Waals surface area (Å²) in [6.07, 6.45) is 0.825. The molecule has 6 nitrogen and oxygen atoms in total. The zero-order valence-electron chi connectivity index (χ0n) is 13.5. The van der Waals surface area contributed by atoms with Crippen LogP contribution in [0.2, 0.25) is 0 Å². The van der Waals surface area contributed by atoms with E-state index in [1.807, 2.05) is 24.0 Å². The molecular weight excluding hydrogens is 328 g/mol. The summed E-state index contributed by atoms with van der Waals surface area (Å²) >= 11 is 1.52. The molecule has 0 bridgehead atoms. The van der Waals surface area contributed by atoms with Crippen LogP contribution >= 0.6 is 11.8 Å². The number of hydrogen-bond donors (Lipinski definition) is 1. The van der Waals surface area contributed by atoms with Gasteiger partial charge in [-0.1, -0.05) is 0 Å². The van der Waals surface area contributed by atoms with Gasteiger partial charge in [0.25, 0.3) is 5.91 Å². The van der Waals surface area contributed by atoms with Crippen LogP contribution in [0.15, 0.2) is 23.1 Å². The standard InChI is InChI=1S/C17H20N2O4S/c1-11-15(20)18-13-8-12(2-3-14(13)24-11)16(21)19-5-7-23-17(9-19)4-6-22-10-17/h2-3,8,11H,4-7,9-10H2,1H3,(H,18,20)/t11-,17-/m0/s1. The molecule has 0 unspecified atom stereocenters. The van der Waals surface area contributed by atoms with Gasteiger partial charge in [0, 0.05) is 30.0 Å². The number of nitrogens with one attached hydrogen (secondary N) is 1. The maximum atomic E-state index is 12.9. The molecular formula is C17H20N2O4S. The van der Waals surface area contributed by atoms with Crippen molar-refractivity contribution in [3.8, 4) is 0 Å². The van der Waals surface area contributed by atoms with E-state index < -0.39 is 0 Å². The Bertz CT molecular complexity index is 687. The third-order valence-electron chi connectivity index (χ3n) is 4.76. The van der Waals surface area contributed by atoms with Crippen molar-refractivity contribution in [2.75, 3.05) is 38.2 Å². The minimum absolute atomic E-state index is 0.0227. The van der Waals surface area contributed by atoms with Gasteiger partial charge < -0.3 is 19.7 Å². The minimum atomic E-state index is -0.346. The molecule has 0 aliphatic carbocycles. The lowest BCUT2D eigenvalue weighted by Gasteiger charge is -2.39. The van der Waals surface area contributed by atoms with Crippen LogP contribution in [0.25, 0.3) is 0 Å². The largest absolute Gasteiger partial charge is 0.378 e. The van der Waals surface area contributed by atoms with Crippen molar-refractivity contribution in [3.05, 3.63) is 23.8 Å². The second-order valence-corrected chi connectivity index (χ2v) is 7.90. The van der Waals surface area contributed by atoms with Crippen molar-refractivity contribution in [1.82, 2.24) is 4.90 Å². The van der Waals surface area contributed by atoms with E-state index in [4.69, 9.17) is 9.47 Å². The fourth-order valence-electron chi connectivity index (χ4n) is 3.37. The number of nitrogens with zero attached hydrogens (tertiary/aromatic N) is 1. The zero-order chi connectivity index (χ0) is 16.7. The van der Waals surface area contributed by atoms with Gasteiger partial charge in [0.05, 0.1) is 30.7 Å². The molecule has 3 aliphatic heterocycles. The van der Waals surface area contributed by atoms with Crippen molar-refractivity contribution in [3.63, 3.8) is 0 Å². The lowest BCUT2D eigenvalue weighted by atomic mass is 10.00. The summed E-state index contributed by atoms with van der Waals surface area (Å²) in [6.45, 7) is 4.77. The number of anilines is 1. The van der Waals surface area contributed by atoms with E-state index in [0.29, 0.717) is 38.5 Å². The van der Waals surface area contributed by atoms with Crippen LogP contribution in [0.1, 0.15) is 23.7 Å². The predicted octanol–water partition coefficient (Wildman–Crippen LogP) is 1.75. The average molecular weight is 348 g/mol. The third kappa shape index (κ3) is 2.81. The highest BCUT2D eigenvalue weighted by Crippen LogP contribution is 2.36. The van der Waals surface area contributed by atoms with Crippen LogP contribution in [0, 0.1) is 0 Å². The van der Waals surface area contributed by atoms with Crippen molar-refractivity contribution >= 4 is 29.3 Å². The molecule has 24 heavy (non-hydrogen) atoms. The maximum absolute atomic E-state index is 12.9. The van der Waals surface area contributed by atoms with Gasteiger partial charge in [-0.15, -0.1) is 11.8 Å². The molecule has 4 rings (SSSR count). The lowest BCUT2D eigenvalue weighted by Crippen LogP contribution is -2.54. The number of thioether (sulfide) groups is 1. The van der Waals surface area contributed by atoms with E-state index in [1.165, 1.54) is 11.8 Å². The molecule has 2 fully saturated rings. The zero-order valence-corrected chi connectivity index (χ0v) is 14.4. The molecule has 128 valence electrons. The quantitative estimate of drug-likeness (QED) is 0.837. The monoisotopic (exact) mass is 348 g/mol. The summed E-state index contributed by atoms with van der Waals surface area (Å²) in [5.41, 5.74) is 0.975. The molecule has 2 atom stereocenters. The summed E-state index contributed by atoms with van der Waals surface area (Å²) in [7, 11) is 0. The van der Waals surface area contributed by atoms with E-state index in [2.05, 4.69) is 5.32 Å². The molecule has 2 amide bonds. The molecule has 1 aromatic carbocycles. The Morgan fingerprint density at radius 2 is 2.29 bits per heavy atom. The highest BCUT2D eigenvalue weighted by Gasteiger charge is 2.41. The lowest BCUT2D eigenvalue weighted by molar-refractivity contribution is -0.115. The number of morpholine rings is 1. The number of carbonyl (C=O) groups excluding carboxylic acids is 2. The molecule has 0 radical (unpaired) electrons. The van der Waals surface area contributed by atoms with Crippen LogP contribution in [0.3, 0.4) is 0 Å². The van der Waals surface area contributed by atoms with Crippen LogP contribution in [0.4, 0.5) is 5.69 Å². The Balaban J connectivity index is 1.54. The number of carbonyl (C=O) groups is 2. The fourth-order valence-corrected chi connectivity index (χ4v) is 4.30. The average Bonchev–Trinajstić information content (AvgIpc) is 3.02. The third-order valence-corrected chi connectivity index (χ3v) is 5.94. The Morgan fingerprint density at radius 1 is 1.42 bits per heavy atom. The van der Waals surface area contributed by atoms with E-state index in [0.717, 1.165) is 17.0 Å². The fraction of sp³-hybridized carbons (Fsp3) is 0.529.